The summed E-state index contributed by atoms with van der Waals surface area (Å²) in [6.45, 7) is 2.63. The molecule has 0 radical (unpaired) electrons. The highest BCUT2D eigenvalue weighted by Crippen LogP contribution is 2.40. The molecule has 2 aliphatic rings. The molecule has 3 rings (SSSR count). The van der Waals surface area contributed by atoms with Crippen LogP contribution < -0.4 is 10.0 Å². The highest BCUT2D eigenvalue weighted by Gasteiger charge is 2.31. The predicted molar refractivity (Wildman–Crippen MR) is 73.9 cm³/mol. The van der Waals surface area contributed by atoms with Gasteiger partial charge >= 0.3 is 0 Å². The first-order valence-corrected chi connectivity index (χ1v) is 8.21. The topological polar surface area (TPSA) is 12.5 Å². The van der Waals surface area contributed by atoms with E-state index in [1.807, 2.05) is 6.07 Å². The van der Waals surface area contributed by atoms with Crippen LogP contribution in [0.1, 0.15) is 12.8 Å². The molecule has 0 unspecified atom stereocenters. The van der Waals surface area contributed by atoms with Crippen LogP contribution in [0.15, 0.2) is 24.3 Å². The summed E-state index contributed by atoms with van der Waals surface area (Å²) in [7, 11) is 1.82. The first-order valence-electron chi connectivity index (χ1n) is 6.50. The Kier molecular flexibility index (Phi) is 3.35. The zero-order chi connectivity index (χ0) is 11.7. The van der Waals surface area contributed by atoms with E-state index in [2.05, 4.69) is 23.1 Å². The van der Waals surface area contributed by atoms with Crippen molar-refractivity contribution in [3.05, 3.63) is 24.3 Å². The summed E-state index contributed by atoms with van der Waals surface area (Å²) in [5.74, 6) is 1.01. The number of ether oxygens (including phenoxy) is 1. The van der Waals surface area contributed by atoms with Gasteiger partial charge in [-0.2, -0.15) is 0 Å². The molecule has 2 nitrogen and oxygen atoms in total. The molecule has 0 atom stereocenters. The van der Waals surface area contributed by atoms with Crippen LogP contribution in [-0.4, -0.2) is 43.5 Å². The smallest absolute Gasteiger partial charge is 0.119 e. The molecular weight excluding hydrogens is 229 g/mol. The van der Waals surface area contributed by atoms with Crippen LogP contribution >= 0.6 is 7.92 Å². The fourth-order valence-corrected chi connectivity index (χ4v) is 4.94. The maximum Gasteiger partial charge on any atom is 0.119 e. The van der Waals surface area contributed by atoms with E-state index in [9.17, 15) is 0 Å². The van der Waals surface area contributed by atoms with E-state index in [1.54, 1.807) is 7.11 Å². The van der Waals surface area contributed by atoms with Gasteiger partial charge in [0.1, 0.15) is 5.75 Å². The van der Waals surface area contributed by atoms with Gasteiger partial charge in [-0.15, -0.1) is 0 Å². The normalized spacial score (nSPS) is 22.6. The molecule has 0 spiro atoms. The summed E-state index contributed by atoms with van der Waals surface area (Å²) < 4.78 is 5.31. The minimum Gasteiger partial charge on any atom is -0.497 e. The standard InChI is InChI=1S/C14H20NOP/c1-16-13-3-2-4-14(11-13)17-9-7-15(8-10-17)12-5-6-12/h2-4,11-12H,5-10H2,1H3. The summed E-state index contributed by atoms with van der Waals surface area (Å²) in [6.07, 6.45) is 5.63. The number of rotatable bonds is 3. The van der Waals surface area contributed by atoms with Crippen molar-refractivity contribution < 1.29 is 4.74 Å². The third-order valence-electron chi connectivity index (χ3n) is 3.80. The van der Waals surface area contributed by atoms with Gasteiger partial charge in [-0.25, -0.2) is 0 Å². The van der Waals surface area contributed by atoms with Crippen LogP contribution in [0.2, 0.25) is 0 Å². The average Bonchev–Trinajstić information content (AvgIpc) is 3.23. The second kappa shape index (κ2) is 4.96. The van der Waals surface area contributed by atoms with E-state index in [1.165, 1.54) is 43.6 Å². The third kappa shape index (κ3) is 2.64. The minimum atomic E-state index is 0.0659. The van der Waals surface area contributed by atoms with Gasteiger partial charge in [-0.05, 0) is 42.6 Å². The lowest BCUT2D eigenvalue weighted by molar-refractivity contribution is 0.290. The van der Waals surface area contributed by atoms with Gasteiger partial charge in [0.25, 0.3) is 0 Å². The van der Waals surface area contributed by atoms with Crippen molar-refractivity contribution in [2.24, 2.45) is 0 Å². The van der Waals surface area contributed by atoms with Crippen molar-refractivity contribution in [2.75, 3.05) is 32.5 Å². The molecule has 0 bridgehead atoms. The second-order valence-corrected chi connectivity index (χ2v) is 7.45. The second-order valence-electron chi connectivity index (χ2n) is 4.96. The lowest BCUT2D eigenvalue weighted by Gasteiger charge is -2.32. The Bertz CT molecular complexity index is 384. The van der Waals surface area contributed by atoms with E-state index in [-0.39, 0.29) is 7.92 Å². The summed E-state index contributed by atoms with van der Waals surface area (Å²) in [6, 6.07) is 9.63. The van der Waals surface area contributed by atoms with Crippen LogP contribution in [0, 0.1) is 0 Å². The summed E-state index contributed by atoms with van der Waals surface area (Å²) in [4.78, 5) is 2.69. The summed E-state index contributed by atoms with van der Waals surface area (Å²) in [5.41, 5.74) is 0. The highest BCUT2D eigenvalue weighted by molar-refractivity contribution is 7.65. The van der Waals surface area contributed by atoms with Gasteiger partial charge in [0, 0.05) is 19.1 Å². The molecule has 1 heterocycles. The lowest BCUT2D eigenvalue weighted by Crippen LogP contribution is -2.36. The fourth-order valence-electron chi connectivity index (χ4n) is 2.59. The first-order chi connectivity index (χ1) is 8.36. The van der Waals surface area contributed by atoms with Gasteiger partial charge in [0.05, 0.1) is 7.11 Å². The Morgan fingerprint density at radius 1 is 1.24 bits per heavy atom. The Balaban J connectivity index is 1.64. The zero-order valence-corrected chi connectivity index (χ0v) is 11.3. The molecule has 1 saturated heterocycles. The maximum absolute atomic E-state index is 5.31. The van der Waals surface area contributed by atoms with Crippen LogP contribution in [0.4, 0.5) is 0 Å². The van der Waals surface area contributed by atoms with Crippen molar-refractivity contribution in [3.8, 4) is 5.75 Å². The Morgan fingerprint density at radius 2 is 2.00 bits per heavy atom. The van der Waals surface area contributed by atoms with Gasteiger partial charge in [0.15, 0.2) is 0 Å². The molecular formula is C14H20NOP. The molecule has 1 aliphatic heterocycles. The molecule has 3 heteroatoms. The van der Waals surface area contributed by atoms with Crippen molar-refractivity contribution in [1.29, 1.82) is 0 Å². The summed E-state index contributed by atoms with van der Waals surface area (Å²) in [5, 5.41) is 1.52. The van der Waals surface area contributed by atoms with E-state index in [0.717, 1.165) is 11.8 Å². The maximum atomic E-state index is 5.31. The number of hydrogen-bond acceptors (Lipinski definition) is 2. The SMILES string of the molecule is COc1cccc(P2CCN(C3CC3)CC2)c1. The van der Waals surface area contributed by atoms with Crippen molar-refractivity contribution in [3.63, 3.8) is 0 Å². The van der Waals surface area contributed by atoms with E-state index in [0.29, 0.717) is 0 Å². The van der Waals surface area contributed by atoms with Gasteiger partial charge in [0.2, 0.25) is 0 Å². The number of hydrogen-bond donors (Lipinski definition) is 0. The molecule has 1 aromatic rings. The average molecular weight is 249 g/mol. The fraction of sp³-hybridized carbons (Fsp3) is 0.571. The Morgan fingerprint density at radius 3 is 2.65 bits per heavy atom. The molecule has 0 amide bonds. The summed E-state index contributed by atoms with van der Waals surface area (Å²) >= 11 is 0. The quantitative estimate of drug-likeness (QED) is 0.762. The van der Waals surface area contributed by atoms with Gasteiger partial charge in [-0.1, -0.05) is 20.1 Å². The monoisotopic (exact) mass is 249 g/mol. The molecule has 0 N–H and O–H groups in total. The molecule has 92 valence electrons. The van der Waals surface area contributed by atoms with Crippen LogP contribution in [0.5, 0.6) is 5.75 Å². The van der Waals surface area contributed by atoms with Crippen LogP contribution in [0.3, 0.4) is 0 Å². The predicted octanol–water partition coefficient (Wildman–Crippen LogP) is 2.28. The molecule has 2 fully saturated rings. The van der Waals surface area contributed by atoms with Crippen LogP contribution in [-0.2, 0) is 0 Å². The van der Waals surface area contributed by atoms with E-state index < -0.39 is 0 Å². The lowest BCUT2D eigenvalue weighted by atomic mass is 10.3. The van der Waals surface area contributed by atoms with E-state index in [4.69, 9.17) is 4.74 Å². The van der Waals surface area contributed by atoms with E-state index >= 15 is 0 Å². The molecule has 0 aromatic heterocycles. The molecule has 1 aromatic carbocycles. The third-order valence-corrected chi connectivity index (χ3v) is 6.28. The zero-order valence-electron chi connectivity index (χ0n) is 10.4. The van der Waals surface area contributed by atoms with Gasteiger partial charge in [-0.3, -0.25) is 4.90 Å². The van der Waals surface area contributed by atoms with Gasteiger partial charge < -0.3 is 4.74 Å². The molecule has 1 aliphatic carbocycles. The molecule has 1 saturated carbocycles. The minimum absolute atomic E-state index is 0.0659. The van der Waals surface area contributed by atoms with Crippen molar-refractivity contribution >= 4 is 13.2 Å². The largest absolute Gasteiger partial charge is 0.497 e. The van der Waals surface area contributed by atoms with Crippen molar-refractivity contribution in [1.82, 2.24) is 4.90 Å². The van der Waals surface area contributed by atoms with Crippen LogP contribution in [0.25, 0.3) is 0 Å². The number of nitrogens with zero attached hydrogens (tertiary/aromatic N) is 1. The number of benzene rings is 1. The number of methoxy groups -OCH3 is 1. The Hall–Kier alpha value is -0.590. The Labute approximate surface area is 105 Å². The highest BCUT2D eigenvalue weighted by atomic mass is 31.1. The first kappa shape index (κ1) is 11.5. The molecule has 17 heavy (non-hydrogen) atoms. The van der Waals surface area contributed by atoms with Crippen molar-refractivity contribution in [2.45, 2.75) is 18.9 Å².